The van der Waals surface area contributed by atoms with E-state index >= 15 is 0 Å². The number of hydrogen-bond donors (Lipinski definition) is 1. The molecule has 1 unspecified atom stereocenters. The highest BCUT2D eigenvalue weighted by Crippen LogP contribution is 2.31. The Kier molecular flexibility index (Phi) is 4.34. The second-order valence-electron chi connectivity index (χ2n) is 4.39. The third-order valence-corrected chi connectivity index (χ3v) is 3.01. The molecular formula is C14H16F2N2O2. The minimum absolute atomic E-state index is 0.138. The van der Waals surface area contributed by atoms with E-state index < -0.39 is 17.7 Å². The van der Waals surface area contributed by atoms with Crippen LogP contribution in [0, 0.1) is 11.6 Å². The van der Waals surface area contributed by atoms with Gasteiger partial charge in [-0.25, -0.2) is 8.78 Å². The Morgan fingerprint density at radius 1 is 1.40 bits per heavy atom. The van der Waals surface area contributed by atoms with Crippen LogP contribution >= 0.6 is 0 Å². The predicted octanol–water partition coefficient (Wildman–Crippen LogP) is 2.66. The summed E-state index contributed by atoms with van der Waals surface area (Å²) < 4.78 is 33.7. The van der Waals surface area contributed by atoms with E-state index in [1.807, 2.05) is 6.92 Å². The normalized spacial score (nSPS) is 12.4. The molecule has 2 aromatic rings. The monoisotopic (exact) mass is 282 g/mol. The molecular weight excluding hydrogens is 266 g/mol. The smallest absolute Gasteiger partial charge is 0.163 e. The second-order valence-corrected chi connectivity index (χ2v) is 4.39. The first kappa shape index (κ1) is 14.5. The molecule has 1 atom stereocenters. The summed E-state index contributed by atoms with van der Waals surface area (Å²) in [6.07, 6.45) is 0.899. The molecule has 1 heterocycles. The van der Waals surface area contributed by atoms with E-state index in [1.165, 1.54) is 18.0 Å². The maximum absolute atomic E-state index is 13.8. The maximum Gasteiger partial charge on any atom is 0.163 e. The van der Waals surface area contributed by atoms with Gasteiger partial charge in [0.25, 0.3) is 0 Å². The van der Waals surface area contributed by atoms with Crippen molar-refractivity contribution < 1.29 is 18.6 Å². The van der Waals surface area contributed by atoms with E-state index in [-0.39, 0.29) is 5.56 Å². The molecule has 0 spiro atoms. The summed E-state index contributed by atoms with van der Waals surface area (Å²) >= 11 is 0. The van der Waals surface area contributed by atoms with Crippen molar-refractivity contribution in [3.05, 3.63) is 47.3 Å². The summed E-state index contributed by atoms with van der Waals surface area (Å²) in [6, 6.07) is 2.97. The van der Waals surface area contributed by atoms with Gasteiger partial charge in [-0.2, -0.15) is 5.10 Å². The molecule has 0 saturated carbocycles. The first-order chi connectivity index (χ1) is 9.58. The van der Waals surface area contributed by atoms with Crippen LogP contribution < -0.4 is 4.74 Å². The highest BCUT2D eigenvalue weighted by atomic mass is 19.1. The zero-order valence-electron chi connectivity index (χ0n) is 11.3. The standard InChI is InChI=1S/C14H16F2N2O2/c1-3-6-18-13(12(20-2)8-17-18)14(19)10-7-9(15)4-5-11(10)16/h4-5,7-8,14,19H,3,6H2,1-2H3. The van der Waals surface area contributed by atoms with Crippen LogP contribution in [0.4, 0.5) is 8.78 Å². The Morgan fingerprint density at radius 3 is 2.80 bits per heavy atom. The van der Waals surface area contributed by atoms with Crippen molar-refractivity contribution in [3.63, 3.8) is 0 Å². The Hall–Kier alpha value is -1.95. The van der Waals surface area contributed by atoms with Gasteiger partial charge in [0.05, 0.1) is 13.3 Å². The third-order valence-electron chi connectivity index (χ3n) is 3.01. The summed E-state index contributed by atoms with van der Waals surface area (Å²) in [4.78, 5) is 0. The van der Waals surface area contributed by atoms with E-state index in [1.54, 1.807) is 0 Å². The molecule has 1 N–H and O–H groups in total. The number of aliphatic hydroxyl groups excluding tert-OH is 1. The molecule has 1 aromatic heterocycles. The van der Waals surface area contributed by atoms with Crippen LogP contribution in [-0.2, 0) is 6.54 Å². The van der Waals surface area contributed by atoms with Gasteiger partial charge >= 0.3 is 0 Å². The summed E-state index contributed by atoms with van der Waals surface area (Å²) in [5.74, 6) is -0.944. The molecule has 108 valence electrons. The molecule has 1 aromatic carbocycles. The summed E-state index contributed by atoms with van der Waals surface area (Å²) in [5, 5.41) is 14.4. The van der Waals surface area contributed by atoms with Crippen LogP contribution in [0.15, 0.2) is 24.4 Å². The Labute approximate surface area is 115 Å². The van der Waals surface area contributed by atoms with Crippen molar-refractivity contribution in [3.8, 4) is 5.75 Å². The topological polar surface area (TPSA) is 47.3 Å². The van der Waals surface area contributed by atoms with Gasteiger partial charge in [0.15, 0.2) is 5.75 Å². The van der Waals surface area contributed by atoms with E-state index in [2.05, 4.69) is 5.10 Å². The van der Waals surface area contributed by atoms with Crippen LogP contribution in [0.1, 0.15) is 30.7 Å². The molecule has 0 fully saturated rings. The molecule has 4 nitrogen and oxygen atoms in total. The minimum atomic E-state index is -1.34. The quantitative estimate of drug-likeness (QED) is 0.917. The fourth-order valence-corrected chi connectivity index (χ4v) is 2.07. The lowest BCUT2D eigenvalue weighted by Gasteiger charge is -2.15. The van der Waals surface area contributed by atoms with Crippen molar-refractivity contribution in [2.45, 2.75) is 26.0 Å². The summed E-state index contributed by atoms with van der Waals surface area (Å²) in [6.45, 7) is 2.50. The van der Waals surface area contributed by atoms with Gasteiger partial charge in [0.1, 0.15) is 23.4 Å². The fourth-order valence-electron chi connectivity index (χ4n) is 2.07. The molecule has 0 saturated heterocycles. The first-order valence-corrected chi connectivity index (χ1v) is 6.31. The number of nitrogens with zero attached hydrogens (tertiary/aromatic N) is 2. The zero-order valence-corrected chi connectivity index (χ0v) is 11.3. The van der Waals surface area contributed by atoms with E-state index in [0.29, 0.717) is 18.0 Å². The molecule has 0 aliphatic heterocycles. The average molecular weight is 282 g/mol. The second kappa shape index (κ2) is 6.00. The molecule has 0 amide bonds. The van der Waals surface area contributed by atoms with Gasteiger partial charge < -0.3 is 9.84 Å². The SMILES string of the molecule is CCCn1ncc(OC)c1C(O)c1cc(F)ccc1F. The van der Waals surface area contributed by atoms with E-state index in [9.17, 15) is 13.9 Å². The van der Waals surface area contributed by atoms with E-state index in [0.717, 1.165) is 24.6 Å². The number of methoxy groups -OCH3 is 1. The zero-order chi connectivity index (χ0) is 14.7. The number of aromatic nitrogens is 2. The Bertz CT molecular complexity index is 599. The predicted molar refractivity (Wildman–Crippen MR) is 69.5 cm³/mol. The van der Waals surface area contributed by atoms with Crippen molar-refractivity contribution in [1.29, 1.82) is 0 Å². The third kappa shape index (κ3) is 2.65. The number of benzene rings is 1. The molecule has 20 heavy (non-hydrogen) atoms. The summed E-state index contributed by atoms with van der Waals surface area (Å²) in [7, 11) is 1.44. The first-order valence-electron chi connectivity index (χ1n) is 6.31. The average Bonchev–Trinajstić information content (AvgIpc) is 2.84. The van der Waals surface area contributed by atoms with Gasteiger partial charge in [0, 0.05) is 12.1 Å². The number of hydrogen-bond acceptors (Lipinski definition) is 3. The maximum atomic E-state index is 13.8. The van der Waals surface area contributed by atoms with Crippen LogP contribution in [0.25, 0.3) is 0 Å². The van der Waals surface area contributed by atoms with Crippen LogP contribution in [0.5, 0.6) is 5.75 Å². The fraction of sp³-hybridized carbons (Fsp3) is 0.357. The van der Waals surface area contributed by atoms with Crippen LogP contribution in [0.2, 0.25) is 0 Å². The van der Waals surface area contributed by atoms with Gasteiger partial charge in [0.2, 0.25) is 0 Å². The molecule has 0 aliphatic carbocycles. The molecule has 2 rings (SSSR count). The number of aryl methyl sites for hydroxylation is 1. The van der Waals surface area contributed by atoms with Crippen molar-refractivity contribution in [1.82, 2.24) is 9.78 Å². The highest BCUT2D eigenvalue weighted by molar-refractivity contribution is 5.35. The largest absolute Gasteiger partial charge is 0.493 e. The Morgan fingerprint density at radius 2 is 2.15 bits per heavy atom. The van der Waals surface area contributed by atoms with Gasteiger partial charge in [-0.3, -0.25) is 4.68 Å². The lowest BCUT2D eigenvalue weighted by molar-refractivity contribution is 0.196. The lowest BCUT2D eigenvalue weighted by atomic mass is 10.1. The van der Waals surface area contributed by atoms with Crippen LogP contribution in [-0.4, -0.2) is 22.0 Å². The number of halogens is 2. The van der Waals surface area contributed by atoms with Crippen molar-refractivity contribution in [2.75, 3.05) is 7.11 Å². The number of rotatable bonds is 5. The van der Waals surface area contributed by atoms with Crippen molar-refractivity contribution >= 4 is 0 Å². The van der Waals surface area contributed by atoms with Crippen LogP contribution in [0.3, 0.4) is 0 Å². The van der Waals surface area contributed by atoms with Gasteiger partial charge in [-0.15, -0.1) is 0 Å². The number of aliphatic hydroxyl groups is 1. The number of ether oxygens (including phenoxy) is 1. The van der Waals surface area contributed by atoms with E-state index in [4.69, 9.17) is 4.74 Å². The van der Waals surface area contributed by atoms with Crippen molar-refractivity contribution in [2.24, 2.45) is 0 Å². The van der Waals surface area contributed by atoms with Gasteiger partial charge in [-0.05, 0) is 24.6 Å². The summed E-state index contributed by atoms with van der Waals surface area (Å²) in [5.41, 5.74) is 0.181. The molecule has 6 heteroatoms. The minimum Gasteiger partial charge on any atom is -0.493 e. The van der Waals surface area contributed by atoms with Gasteiger partial charge in [-0.1, -0.05) is 6.92 Å². The molecule has 0 aliphatic rings. The molecule has 0 bridgehead atoms. The Balaban J connectivity index is 2.48. The lowest BCUT2D eigenvalue weighted by Crippen LogP contribution is -2.12. The highest BCUT2D eigenvalue weighted by Gasteiger charge is 2.24. The molecule has 0 radical (unpaired) electrons.